The van der Waals surface area contributed by atoms with Gasteiger partial charge < -0.3 is 4.90 Å². The number of rotatable bonds is 3. The van der Waals surface area contributed by atoms with Gasteiger partial charge in [-0.15, -0.1) is 0 Å². The Morgan fingerprint density at radius 3 is 2.74 bits per heavy atom. The number of aromatic nitrogens is 3. The molecule has 2 aromatic carbocycles. The topological polar surface area (TPSA) is 34.0 Å². The second-order valence-electron chi connectivity index (χ2n) is 6.75. The van der Waals surface area contributed by atoms with Crippen molar-refractivity contribution in [1.82, 2.24) is 14.8 Å². The zero-order valence-corrected chi connectivity index (χ0v) is 15.2. The molecule has 0 fully saturated rings. The van der Waals surface area contributed by atoms with Crippen LogP contribution in [-0.2, 0) is 19.6 Å². The van der Waals surface area contributed by atoms with Gasteiger partial charge in [0.1, 0.15) is 5.82 Å². The molecule has 0 saturated carbocycles. The molecule has 1 aliphatic heterocycles. The molecule has 1 aliphatic rings. The smallest absolute Gasteiger partial charge is 0.123 e. The van der Waals surface area contributed by atoms with Crippen LogP contribution in [-0.4, -0.2) is 14.8 Å². The maximum atomic E-state index is 13.1. The lowest BCUT2D eigenvalue weighted by Gasteiger charge is -2.20. The molecule has 0 amide bonds. The molecule has 6 heteroatoms. The van der Waals surface area contributed by atoms with Gasteiger partial charge >= 0.3 is 0 Å². The average molecular weight is 379 g/mol. The van der Waals surface area contributed by atoms with Crippen LogP contribution in [0.2, 0.25) is 5.02 Å². The fourth-order valence-corrected chi connectivity index (χ4v) is 3.82. The van der Waals surface area contributed by atoms with E-state index in [-0.39, 0.29) is 5.82 Å². The van der Waals surface area contributed by atoms with Crippen molar-refractivity contribution in [3.8, 4) is 0 Å². The van der Waals surface area contributed by atoms with Crippen molar-refractivity contribution in [2.24, 2.45) is 0 Å². The predicted molar refractivity (Wildman–Crippen MR) is 104 cm³/mol. The average Bonchev–Trinajstić information content (AvgIpc) is 3.24. The number of pyridine rings is 1. The first kappa shape index (κ1) is 16.3. The minimum Gasteiger partial charge on any atom is -0.361 e. The minimum atomic E-state index is -0.222. The molecule has 0 saturated heterocycles. The van der Waals surface area contributed by atoms with Gasteiger partial charge in [0.2, 0.25) is 0 Å². The summed E-state index contributed by atoms with van der Waals surface area (Å²) in [5.41, 5.74) is 5.48. The van der Waals surface area contributed by atoms with E-state index < -0.39 is 0 Å². The highest BCUT2D eigenvalue weighted by atomic mass is 35.5. The maximum absolute atomic E-state index is 13.1. The van der Waals surface area contributed by atoms with Crippen molar-refractivity contribution < 1.29 is 4.39 Å². The van der Waals surface area contributed by atoms with Gasteiger partial charge in [0, 0.05) is 34.4 Å². The van der Waals surface area contributed by atoms with Gasteiger partial charge in [0.15, 0.2) is 0 Å². The summed E-state index contributed by atoms with van der Waals surface area (Å²) in [5, 5.41) is 6.30. The quantitative estimate of drug-likeness (QED) is 0.514. The molecule has 5 rings (SSSR count). The molecule has 4 aromatic rings. The van der Waals surface area contributed by atoms with Crippen molar-refractivity contribution in [2.45, 2.75) is 19.6 Å². The molecule has 0 bridgehead atoms. The van der Waals surface area contributed by atoms with E-state index in [1.807, 2.05) is 41.3 Å². The van der Waals surface area contributed by atoms with Crippen LogP contribution in [0.4, 0.5) is 10.1 Å². The van der Waals surface area contributed by atoms with Crippen LogP contribution in [0.25, 0.3) is 10.9 Å². The van der Waals surface area contributed by atoms with E-state index in [9.17, 15) is 4.39 Å². The van der Waals surface area contributed by atoms with E-state index in [0.29, 0.717) is 11.6 Å². The molecule has 0 radical (unpaired) electrons. The molecule has 0 N–H and O–H groups in total. The summed E-state index contributed by atoms with van der Waals surface area (Å²) >= 11 is 6.11. The Morgan fingerprint density at radius 1 is 1.04 bits per heavy atom. The van der Waals surface area contributed by atoms with Crippen molar-refractivity contribution in [1.29, 1.82) is 0 Å². The third-order valence-electron chi connectivity index (χ3n) is 5.01. The molecule has 2 aromatic heterocycles. The van der Waals surface area contributed by atoms with Crippen molar-refractivity contribution in [2.75, 3.05) is 4.90 Å². The first-order valence-electron chi connectivity index (χ1n) is 8.74. The van der Waals surface area contributed by atoms with E-state index >= 15 is 0 Å². The Hall–Kier alpha value is -2.92. The van der Waals surface area contributed by atoms with Crippen LogP contribution in [0, 0.1) is 5.82 Å². The van der Waals surface area contributed by atoms with Crippen LogP contribution in [0.5, 0.6) is 0 Å². The Balaban J connectivity index is 1.45. The Morgan fingerprint density at radius 2 is 1.89 bits per heavy atom. The van der Waals surface area contributed by atoms with Crippen LogP contribution in [0.1, 0.15) is 16.8 Å². The van der Waals surface area contributed by atoms with Crippen LogP contribution in [0.15, 0.2) is 60.9 Å². The molecular weight excluding hydrogens is 363 g/mol. The third kappa shape index (κ3) is 2.94. The van der Waals surface area contributed by atoms with Crippen molar-refractivity contribution in [3.63, 3.8) is 0 Å². The highest BCUT2D eigenvalue weighted by molar-refractivity contribution is 6.31. The third-order valence-corrected chi connectivity index (χ3v) is 5.24. The van der Waals surface area contributed by atoms with Crippen LogP contribution < -0.4 is 4.90 Å². The summed E-state index contributed by atoms with van der Waals surface area (Å²) in [7, 11) is 0. The van der Waals surface area contributed by atoms with E-state index in [4.69, 9.17) is 11.6 Å². The van der Waals surface area contributed by atoms with Gasteiger partial charge in [0.05, 0.1) is 30.5 Å². The summed E-state index contributed by atoms with van der Waals surface area (Å²) in [5.74, 6) is -0.222. The van der Waals surface area contributed by atoms with Crippen molar-refractivity contribution in [3.05, 3.63) is 88.6 Å². The summed E-state index contributed by atoms with van der Waals surface area (Å²) in [6.45, 7) is 2.22. The number of hydrogen-bond donors (Lipinski definition) is 0. The summed E-state index contributed by atoms with van der Waals surface area (Å²) in [6.07, 6.45) is 3.75. The molecule has 27 heavy (non-hydrogen) atoms. The number of anilines is 1. The summed E-state index contributed by atoms with van der Waals surface area (Å²) in [6, 6.07) is 14.4. The number of hydrogen-bond acceptors (Lipinski definition) is 3. The number of benzene rings is 2. The standard InChI is InChI=1S/C21H16ClFN4/c22-16-3-6-18-19(9-16)24-8-7-20(18)26-12-15-10-25-27(21(15)13-26)11-14-1-4-17(23)5-2-14/h1-10H,11-13H2. The SMILES string of the molecule is Fc1ccc(Cn2ncc3c2CN(c2ccnc4cc(Cl)ccc24)C3)cc1. The lowest BCUT2D eigenvalue weighted by molar-refractivity contribution is 0.620. The Kier molecular flexibility index (Phi) is 3.83. The zero-order valence-electron chi connectivity index (χ0n) is 14.4. The van der Waals surface area contributed by atoms with Gasteiger partial charge in [-0.05, 0) is 42.0 Å². The number of halogens is 2. The number of nitrogens with zero attached hydrogens (tertiary/aromatic N) is 4. The number of fused-ring (bicyclic) bond motifs is 2. The van der Waals surface area contributed by atoms with E-state index in [1.165, 1.54) is 23.4 Å². The highest BCUT2D eigenvalue weighted by Crippen LogP contribution is 2.33. The molecular formula is C21H16ClFN4. The fraction of sp³-hybridized carbons (Fsp3) is 0.143. The lowest BCUT2D eigenvalue weighted by atomic mass is 10.1. The molecule has 3 heterocycles. The second-order valence-corrected chi connectivity index (χ2v) is 7.18. The molecule has 0 unspecified atom stereocenters. The first-order valence-corrected chi connectivity index (χ1v) is 9.12. The molecule has 134 valence electrons. The maximum Gasteiger partial charge on any atom is 0.123 e. The fourth-order valence-electron chi connectivity index (χ4n) is 3.66. The van der Waals surface area contributed by atoms with Gasteiger partial charge in [0.25, 0.3) is 0 Å². The summed E-state index contributed by atoms with van der Waals surface area (Å²) < 4.78 is 15.1. The first-order chi connectivity index (χ1) is 13.2. The second kappa shape index (κ2) is 6.35. The zero-order chi connectivity index (χ0) is 18.4. The lowest BCUT2D eigenvalue weighted by Crippen LogP contribution is -2.17. The Bertz CT molecular complexity index is 1140. The van der Waals surface area contributed by atoms with Gasteiger partial charge in [-0.1, -0.05) is 23.7 Å². The highest BCUT2D eigenvalue weighted by Gasteiger charge is 2.25. The summed E-state index contributed by atoms with van der Waals surface area (Å²) in [4.78, 5) is 6.76. The molecule has 0 aliphatic carbocycles. The van der Waals surface area contributed by atoms with Gasteiger partial charge in [-0.3, -0.25) is 9.67 Å². The van der Waals surface area contributed by atoms with E-state index in [2.05, 4.69) is 15.0 Å². The predicted octanol–water partition coefficient (Wildman–Crippen LogP) is 4.79. The van der Waals surface area contributed by atoms with Gasteiger partial charge in [-0.25, -0.2) is 4.39 Å². The molecule has 0 atom stereocenters. The van der Waals surface area contributed by atoms with Crippen molar-refractivity contribution >= 4 is 28.2 Å². The minimum absolute atomic E-state index is 0.222. The van der Waals surface area contributed by atoms with Gasteiger partial charge in [-0.2, -0.15) is 5.10 Å². The largest absolute Gasteiger partial charge is 0.361 e. The molecule has 0 spiro atoms. The van der Waals surface area contributed by atoms with E-state index in [0.717, 1.165) is 35.2 Å². The normalized spacial score (nSPS) is 13.3. The van der Waals surface area contributed by atoms with Crippen LogP contribution >= 0.6 is 11.6 Å². The van der Waals surface area contributed by atoms with Crippen LogP contribution in [0.3, 0.4) is 0 Å². The monoisotopic (exact) mass is 378 g/mol. The van der Waals surface area contributed by atoms with E-state index in [1.54, 1.807) is 12.1 Å². The Labute approximate surface area is 160 Å². The molecule has 4 nitrogen and oxygen atoms in total.